The standard InChI is InChI=1S/C14H16FN5O/c1-10(21)19-14-18-9-17-13(20-14)16-8-4-6-11-5-2-3-7-12(11)15/h2-3,5,7,9H,4,6,8H2,1H3,(H2,16,17,18,19,20,21). The van der Waals surface area contributed by atoms with Gasteiger partial charge in [-0.3, -0.25) is 10.1 Å². The Morgan fingerprint density at radius 1 is 1.24 bits per heavy atom. The lowest BCUT2D eigenvalue weighted by Crippen LogP contribution is -2.12. The van der Waals surface area contributed by atoms with Gasteiger partial charge in [-0.15, -0.1) is 0 Å². The smallest absolute Gasteiger partial charge is 0.234 e. The van der Waals surface area contributed by atoms with Gasteiger partial charge in [-0.05, 0) is 24.5 Å². The van der Waals surface area contributed by atoms with Crippen LogP contribution in [0.2, 0.25) is 0 Å². The summed E-state index contributed by atoms with van der Waals surface area (Å²) in [4.78, 5) is 22.7. The molecule has 7 heteroatoms. The minimum absolute atomic E-state index is 0.189. The third-order valence-electron chi connectivity index (χ3n) is 2.72. The number of carbonyl (C=O) groups excluding carboxylic acids is 1. The van der Waals surface area contributed by atoms with Crippen molar-refractivity contribution >= 4 is 17.8 Å². The van der Waals surface area contributed by atoms with Crippen LogP contribution in [0.4, 0.5) is 16.3 Å². The fourth-order valence-electron chi connectivity index (χ4n) is 1.78. The fraction of sp³-hybridized carbons (Fsp3) is 0.286. The molecule has 6 nitrogen and oxygen atoms in total. The fourth-order valence-corrected chi connectivity index (χ4v) is 1.78. The summed E-state index contributed by atoms with van der Waals surface area (Å²) in [6.45, 7) is 1.98. The summed E-state index contributed by atoms with van der Waals surface area (Å²) in [5.41, 5.74) is 0.689. The zero-order valence-electron chi connectivity index (χ0n) is 11.6. The summed E-state index contributed by atoms with van der Waals surface area (Å²) in [5, 5.41) is 5.49. The Bertz CT molecular complexity index is 620. The molecule has 1 aromatic heterocycles. The van der Waals surface area contributed by atoms with Crippen molar-refractivity contribution < 1.29 is 9.18 Å². The predicted molar refractivity (Wildman–Crippen MR) is 77.3 cm³/mol. The topological polar surface area (TPSA) is 79.8 Å². The molecule has 2 aromatic rings. The summed E-state index contributed by atoms with van der Waals surface area (Å²) in [5.74, 6) is 0.147. The Hall–Kier alpha value is -2.57. The van der Waals surface area contributed by atoms with E-state index in [0.717, 1.165) is 6.42 Å². The van der Waals surface area contributed by atoms with Crippen LogP contribution in [0.15, 0.2) is 30.6 Å². The normalized spacial score (nSPS) is 10.2. The van der Waals surface area contributed by atoms with E-state index in [4.69, 9.17) is 0 Å². The first-order valence-electron chi connectivity index (χ1n) is 6.59. The maximum absolute atomic E-state index is 13.4. The van der Waals surface area contributed by atoms with Crippen LogP contribution in [-0.4, -0.2) is 27.4 Å². The molecule has 1 aromatic carbocycles. The molecular formula is C14H16FN5O. The van der Waals surface area contributed by atoms with Gasteiger partial charge in [0, 0.05) is 13.5 Å². The van der Waals surface area contributed by atoms with Crippen molar-refractivity contribution in [3.05, 3.63) is 42.0 Å². The molecule has 1 amide bonds. The number of hydrogen-bond donors (Lipinski definition) is 2. The van der Waals surface area contributed by atoms with E-state index in [0.29, 0.717) is 24.5 Å². The molecule has 0 aliphatic carbocycles. The molecule has 2 rings (SSSR count). The summed E-state index contributed by atoms with van der Waals surface area (Å²) in [6, 6.07) is 6.71. The molecule has 0 aliphatic rings. The van der Waals surface area contributed by atoms with E-state index in [9.17, 15) is 9.18 Å². The van der Waals surface area contributed by atoms with E-state index in [1.165, 1.54) is 19.3 Å². The molecule has 110 valence electrons. The quantitative estimate of drug-likeness (QED) is 0.795. The van der Waals surface area contributed by atoms with Crippen molar-refractivity contribution in [3.63, 3.8) is 0 Å². The highest BCUT2D eigenvalue weighted by Crippen LogP contribution is 2.09. The number of aromatic nitrogens is 3. The van der Waals surface area contributed by atoms with Crippen LogP contribution < -0.4 is 10.6 Å². The molecule has 0 saturated carbocycles. The number of amides is 1. The van der Waals surface area contributed by atoms with Crippen LogP contribution in [0.25, 0.3) is 0 Å². The largest absolute Gasteiger partial charge is 0.354 e. The molecule has 0 fully saturated rings. The minimum atomic E-state index is -0.244. The second-order valence-electron chi connectivity index (χ2n) is 4.44. The molecule has 2 N–H and O–H groups in total. The van der Waals surface area contributed by atoms with Crippen LogP contribution >= 0.6 is 0 Å². The van der Waals surface area contributed by atoms with Gasteiger partial charge in [0.1, 0.15) is 12.1 Å². The number of nitrogens with one attached hydrogen (secondary N) is 2. The lowest BCUT2D eigenvalue weighted by atomic mass is 10.1. The Labute approximate surface area is 121 Å². The number of nitrogens with zero attached hydrogens (tertiary/aromatic N) is 3. The van der Waals surface area contributed by atoms with Crippen LogP contribution in [0.5, 0.6) is 0 Å². The Morgan fingerprint density at radius 2 is 2.00 bits per heavy atom. The Balaban J connectivity index is 1.81. The number of aryl methyl sites for hydroxylation is 1. The van der Waals surface area contributed by atoms with Gasteiger partial charge in [-0.25, -0.2) is 14.4 Å². The number of benzene rings is 1. The van der Waals surface area contributed by atoms with Crippen LogP contribution in [0.3, 0.4) is 0 Å². The highest BCUT2D eigenvalue weighted by atomic mass is 19.1. The van der Waals surface area contributed by atoms with E-state index >= 15 is 0 Å². The van der Waals surface area contributed by atoms with Gasteiger partial charge in [-0.1, -0.05) is 18.2 Å². The highest BCUT2D eigenvalue weighted by molar-refractivity contribution is 5.86. The Kier molecular flexibility index (Phi) is 5.14. The van der Waals surface area contributed by atoms with Crippen molar-refractivity contribution in [2.24, 2.45) is 0 Å². The maximum atomic E-state index is 13.4. The summed E-state index contributed by atoms with van der Waals surface area (Å²) >= 11 is 0. The highest BCUT2D eigenvalue weighted by Gasteiger charge is 2.03. The van der Waals surface area contributed by atoms with Gasteiger partial charge >= 0.3 is 0 Å². The molecule has 1 heterocycles. The molecule has 21 heavy (non-hydrogen) atoms. The van der Waals surface area contributed by atoms with Crippen molar-refractivity contribution in [2.45, 2.75) is 19.8 Å². The van der Waals surface area contributed by atoms with E-state index in [1.807, 2.05) is 6.07 Å². The first kappa shape index (κ1) is 14.8. The lowest BCUT2D eigenvalue weighted by molar-refractivity contribution is -0.114. The van der Waals surface area contributed by atoms with Gasteiger partial charge in [0.2, 0.25) is 17.8 Å². The first-order chi connectivity index (χ1) is 10.1. The van der Waals surface area contributed by atoms with Gasteiger partial charge < -0.3 is 5.32 Å². The molecule has 0 atom stereocenters. The van der Waals surface area contributed by atoms with Crippen molar-refractivity contribution in [3.8, 4) is 0 Å². The zero-order valence-corrected chi connectivity index (χ0v) is 11.6. The van der Waals surface area contributed by atoms with E-state index < -0.39 is 0 Å². The number of anilines is 2. The average Bonchev–Trinajstić information content (AvgIpc) is 2.45. The van der Waals surface area contributed by atoms with Gasteiger partial charge in [0.05, 0.1) is 0 Å². The minimum Gasteiger partial charge on any atom is -0.354 e. The molecule has 0 spiro atoms. The van der Waals surface area contributed by atoms with Gasteiger partial charge in [0.15, 0.2) is 0 Å². The molecule has 0 saturated heterocycles. The summed E-state index contributed by atoms with van der Waals surface area (Å²) in [6.07, 6.45) is 2.68. The molecule has 0 aliphatic heterocycles. The summed E-state index contributed by atoms with van der Waals surface area (Å²) < 4.78 is 13.4. The predicted octanol–water partition coefficient (Wildman–Crippen LogP) is 2.01. The van der Waals surface area contributed by atoms with Crippen molar-refractivity contribution in [1.82, 2.24) is 15.0 Å². The van der Waals surface area contributed by atoms with Crippen molar-refractivity contribution in [1.29, 1.82) is 0 Å². The number of carbonyl (C=O) groups is 1. The molecule has 0 unspecified atom stereocenters. The molecular weight excluding hydrogens is 273 g/mol. The summed E-state index contributed by atoms with van der Waals surface area (Å²) in [7, 11) is 0. The molecule has 0 bridgehead atoms. The second-order valence-corrected chi connectivity index (χ2v) is 4.44. The van der Waals surface area contributed by atoms with E-state index in [-0.39, 0.29) is 17.7 Å². The number of rotatable bonds is 6. The number of hydrogen-bond acceptors (Lipinski definition) is 5. The second kappa shape index (κ2) is 7.28. The van der Waals surface area contributed by atoms with Gasteiger partial charge in [-0.2, -0.15) is 4.98 Å². The Morgan fingerprint density at radius 3 is 2.76 bits per heavy atom. The maximum Gasteiger partial charge on any atom is 0.234 e. The monoisotopic (exact) mass is 289 g/mol. The lowest BCUT2D eigenvalue weighted by Gasteiger charge is -2.06. The molecule has 0 radical (unpaired) electrons. The third-order valence-corrected chi connectivity index (χ3v) is 2.72. The van der Waals surface area contributed by atoms with Crippen LogP contribution in [0, 0.1) is 5.82 Å². The zero-order chi connectivity index (χ0) is 15.1. The van der Waals surface area contributed by atoms with Gasteiger partial charge in [0.25, 0.3) is 0 Å². The SMILES string of the molecule is CC(=O)Nc1ncnc(NCCCc2ccccc2F)n1. The first-order valence-corrected chi connectivity index (χ1v) is 6.59. The van der Waals surface area contributed by atoms with E-state index in [1.54, 1.807) is 12.1 Å². The average molecular weight is 289 g/mol. The third kappa shape index (κ3) is 4.79. The van der Waals surface area contributed by atoms with Crippen LogP contribution in [0.1, 0.15) is 18.9 Å². The van der Waals surface area contributed by atoms with Crippen molar-refractivity contribution in [2.75, 3.05) is 17.2 Å². The number of halogens is 1. The van der Waals surface area contributed by atoms with Crippen LogP contribution in [-0.2, 0) is 11.2 Å². The van der Waals surface area contributed by atoms with E-state index in [2.05, 4.69) is 25.6 Å².